The molecule has 124 valence electrons. The number of para-hydroxylation sites is 1. The zero-order valence-electron chi connectivity index (χ0n) is 12.3. The van der Waals surface area contributed by atoms with Crippen LogP contribution < -0.4 is 10.6 Å². The standard InChI is InChI=1S/C14H11ClN4O4S/c1-7-12(15)9(18(20)21)6-10(19(22)23)13(7)17-8-4-2-3-5-11(8)24-14(17)16/h2-6,14H,16H2,1H3. The minimum atomic E-state index is -0.737. The van der Waals surface area contributed by atoms with Crippen molar-refractivity contribution < 1.29 is 9.85 Å². The Kier molecular flexibility index (Phi) is 4.08. The Hall–Kier alpha value is -2.36. The molecule has 24 heavy (non-hydrogen) atoms. The fourth-order valence-corrected chi connectivity index (χ4v) is 3.89. The van der Waals surface area contributed by atoms with E-state index in [1.165, 1.54) is 18.7 Å². The van der Waals surface area contributed by atoms with E-state index in [9.17, 15) is 20.2 Å². The predicted octanol–water partition coefficient (Wildman–Crippen LogP) is 3.95. The van der Waals surface area contributed by atoms with Crippen LogP contribution in [0.4, 0.5) is 22.7 Å². The topological polar surface area (TPSA) is 116 Å². The highest BCUT2D eigenvalue weighted by atomic mass is 35.5. The van der Waals surface area contributed by atoms with E-state index < -0.39 is 26.7 Å². The molecule has 2 N–H and O–H groups in total. The van der Waals surface area contributed by atoms with Gasteiger partial charge in [-0.05, 0) is 19.1 Å². The highest BCUT2D eigenvalue weighted by molar-refractivity contribution is 8.00. The number of nitrogens with two attached hydrogens (primary N) is 1. The summed E-state index contributed by atoms with van der Waals surface area (Å²) in [5.74, 6) is 0. The molecule has 0 amide bonds. The average Bonchev–Trinajstić information content (AvgIpc) is 2.85. The third kappa shape index (κ3) is 2.46. The molecule has 0 spiro atoms. The summed E-state index contributed by atoms with van der Waals surface area (Å²) >= 11 is 7.43. The lowest BCUT2D eigenvalue weighted by atomic mass is 10.1. The van der Waals surface area contributed by atoms with Gasteiger partial charge >= 0.3 is 0 Å². The van der Waals surface area contributed by atoms with Crippen LogP contribution in [-0.2, 0) is 0 Å². The van der Waals surface area contributed by atoms with Crippen LogP contribution in [0.25, 0.3) is 0 Å². The lowest BCUT2D eigenvalue weighted by Crippen LogP contribution is -2.33. The van der Waals surface area contributed by atoms with E-state index in [4.69, 9.17) is 17.3 Å². The molecule has 1 aliphatic heterocycles. The number of thioether (sulfide) groups is 1. The summed E-state index contributed by atoms with van der Waals surface area (Å²) in [6.45, 7) is 1.51. The Bertz CT molecular complexity index is 876. The quantitative estimate of drug-likeness (QED) is 0.645. The Morgan fingerprint density at radius 1 is 1.21 bits per heavy atom. The maximum atomic E-state index is 11.5. The zero-order chi connectivity index (χ0) is 17.6. The molecule has 0 radical (unpaired) electrons. The SMILES string of the molecule is Cc1c(Cl)c([N+](=O)[O-])cc([N+](=O)[O-])c1N1c2ccccc2SC1N. The number of rotatable bonds is 3. The summed E-state index contributed by atoms with van der Waals surface area (Å²) in [5.41, 5.74) is 5.74. The third-order valence-corrected chi connectivity index (χ3v) is 5.22. The molecule has 1 atom stereocenters. The van der Waals surface area contributed by atoms with Gasteiger partial charge in [-0.3, -0.25) is 20.2 Å². The highest BCUT2D eigenvalue weighted by Gasteiger charge is 2.37. The van der Waals surface area contributed by atoms with E-state index in [1.807, 2.05) is 12.1 Å². The first-order chi connectivity index (χ1) is 11.3. The third-order valence-electron chi connectivity index (χ3n) is 3.69. The van der Waals surface area contributed by atoms with Crippen molar-refractivity contribution in [3.63, 3.8) is 0 Å². The van der Waals surface area contributed by atoms with Crippen LogP contribution in [0.3, 0.4) is 0 Å². The largest absolute Gasteiger partial charge is 0.309 e. The van der Waals surface area contributed by atoms with Crippen molar-refractivity contribution in [2.75, 3.05) is 4.90 Å². The van der Waals surface area contributed by atoms with E-state index in [2.05, 4.69) is 0 Å². The van der Waals surface area contributed by atoms with Crippen molar-refractivity contribution in [2.45, 2.75) is 17.3 Å². The van der Waals surface area contributed by atoms with E-state index >= 15 is 0 Å². The number of benzene rings is 2. The van der Waals surface area contributed by atoms with Crippen molar-refractivity contribution in [3.8, 4) is 0 Å². The van der Waals surface area contributed by atoms with Gasteiger partial charge in [0.15, 0.2) is 0 Å². The highest BCUT2D eigenvalue weighted by Crippen LogP contribution is 2.51. The molecule has 0 saturated carbocycles. The molecule has 2 aromatic carbocycles. The first-order valence-electron chi connectivity index (χ1n) is 6.75. The van der Waals surface area contributed by atoms with Crippen LogP contribution in [0, 0.1) is 27.2 Å². The number of hydrogen-bond acceptors (Lipinski definition) is 7. The van der Waals surface area contributed by atoms with Crippen LogP contribution in [-0.4, -0.2) is 15.3 Å². The van der Waals surface area contributed by atoms with E-state index in [-0.39, 0.29) is 16.3 Å². The average molecular weight is 367 g/mol. The summed E-state index contributed by atoms with van der Waals surface area (Å²) < 4.78 is 0. The van der Waals surface area contributed by atoms with Crippen molar-refractivity contribution in [1.82, 2.24) is 0 Å². The van der Waals surface area contributed by atoms with Crippen LogP contribution in [0.5, 0.6) is 0 Å². The van der Waals surface area contributed by atoms with Crippen molar-refractivity contribution in [2.24, 2.45) is 5.73 Å². The molecule has 2 aromatic rings. The summed E-state index contributed by atoms with van der Waals surface area (Å²) in [4.78, 5) is 23.7. The minimum Gasteiger partial charge on any atom is -0.309 e. The van der Waals surface area contributed by atoms with Gasteiger partial charge < -0.3 is 10.6 Å². The molecule has 8 nitrogen and oxygen atoms in total. The first-order valence-corrected chi connectivity index (χ1v) is 8.01. The lowest BCUT2D eigenvalue weighted by Gasteiger charge is -2.25. The molecule has 1 aliphatic rings. The number of nitro benzene ring substituents is 2. The van der Waals surface area contributed by atoms with Gasteiger partial charge in [0.1, 0.15) is 16.2 Å². The molecular formula is C14H11ClN4O4S. The molecular weight excluding hydrogens is 356 g/mol. The number of nitro groups is 2. The van der Waals surface area contributed by atoms with Crippen molar-refractivity contribution in [1.29, 1.82) is 0 Å². The number of nitrogens with zero attached hydrogens (tertiary/aromatic N) is 3. The molecule has 10 heteroatoms. The maximum Gasteiger partial charge on any atom is 0.300 e. The Morgan fingerprint density at radius 3 is 2.46 bits per heavy atom. The molecule has 1 unspecified atom stereocenters. The Morgan fingerprint density at radius 2 is 1.83 bits per heavy atom. The van der Waals surface area contributed by atoms with Crippen LogP contribution in [0.2, 0.25) is 5.02 Å². The van der Waals surface area contributed by atoms with Crippen LogP contribution >= 0.6 is 23.4 Å². The molecule has 0 saturated heterocycles. The Labute approximate surface area is 145 Å². The van der Waals surface area contributed by atoms with Crippen molar-refractivity contribution >= 4 is 46.1 Å². The minimum absolute atomic E-state index is 0.137. The summed E-state index contributed by atoms with van der Waals surface area (Å²) in [6, 6.07) is 8.15. The van der Waals surface area contributed by atoms with Gasteiger partial charge in [-0.2, -0.15) is 0 Å². The number of fused-ring (bicyclic) bond motifs is 1. The van der Waals surface area contributed by atoms with Gasteiger partial charge in [0.05, 0.1) is 21.6 Å². The fraction of sp³-hybridized carbons (Fsp3) is 0.143. The fourth-order valence-electron chi connectivity index (χ4n) is 2.65. The normalized spacial score (nSPS) is 16.1. The van der Waals surface area contributed by atoms with Gasteiger partial charge in [0.2, 0.25) is 0 Å². The molecule has 3 rings (SSSR count). The number of halogens is 1. The smallest absolute Gasteiger partial charge is 0.300 e. The van der Waals surface area contributed by atoms with Gasteiger partial charge in [-0.25, -0.2) is 0 Å². The Balaban J connectivity index is 2.30. The van der Waals surface area contributed by atoms with E-state index in [1.54, 1.807) is 17.0 Å². The summed E-state index contributed by atoms with van der Waals surface area (Å²) in [5, 5.41) is 22.5. The molecule has 0 aromatic heterocycles. The lowest BCUT2D eigenvalue weighted by molar-refractivity contribution is -0.393. The molecule has 0 bridgehead atoms. The van der Waals surface area contributed by atoms with Gasteiger partial charge in [0.25, 0.3) is 11.4 Å². The zero-order valence-corrected chi connectivity index (χ0v) is 13.9. The van der Waals surface area contributed by atoms with E-state index in [0.29, 0.717) is 5.69 Å². The van der Waals surface area contributed by atoms with Gasteiger partial charge in [-0.1, -0.05) is 35.5 Å². The second kappa shape index (κ2) is 5.93. The predicted molar refractivity (Wildman–Crippen MR) is 91.9 cm³/mol. The van der Waals surface area contributed by atoms with E-state index in [0.717, 1.165) is 11.0 Å². The second-order valence-electron chi connectivity index (χ2n) is 5.06. The van der Waals surface area contributed by atoms with Gasteiger partial charge in [-0.15, -0.1) is 0 Å². The monoisotopic (exact) mass is 366 g/mol. The van der Waals surface area contributed by atoms with Crippen LogP contribution in [0.1, 0.15) is 5.56 Å². The summed E-state index contributed by atoms with van der Waals surface area (Å²) in [7, 11) is 0. The number of anilines is 2. The molecule has 0 aliphatic carbocycles. The summed E-state index contributed by atoms with van der Waals surface area (Å²) in [6.07, 6.45) is 0. The second-order valence-corrected chi connectivity index (χ2v) is 6.60. The number of hydrogen-bond donors (Lipinski definition) is 1. The van der Waals surface area contributed by atoms with Gasteiger partial charge in [0, 0.05) is 10.5 Å². The first kappa shape index (κ1) is 16.5. The van der Waals surface area contributed by atoms with Crippen LogP contribution in [0.15, 0.2) is 35.2 Å². The molecule has 0 fully saturated rings. The maximum absolute atomic E-state index is 11.5. The van der Waals surface area contributed by atoms with Crippen molar-refractivity contribution in [3.05, 3.63) is 61.1 Å². The molecule has 1 heterocycles.